The predicted molar refractivity (Wildman–Crippen MR) is 58.7 cm³/mol. The van der Waals surface area contributed by atoms with Crippen LogP contribution >= 0.6 is 0 Å². The Bertz CT molecular complexity index is 316. The number of hydrogen-bond donors (Lipinski definition) is 0. The zero-order valence-corrected chi connectivity index (χ0v) is 8.20. The van der Waals surface area contributed by atoms with Crippen LogP contribution in [0.2, 0.25) is 0 Å². The quantitative estimate of drug-likeness (QED) is 0.399. The summed E-state index contributed by atoms with van der Waals surface area (Å²) in [6.07, 6.45) is 2.51. The highest BCUT2D eigenvalue weighted by Gasteiger charge is 1.88. The Balaban J connectivity index is 2.17. The summed E-state index contributed by atoms with van der Waals surface area (Å²) in [5, 5.41) is 0. The van der Waals surface area contributed by atoms with Crippen LogP contribution in [-0.2, 0) is 11.3 Å². The molecule has 1 rings (SSSR count). The molecule has 0 heterocycles. The molecule has 72 valence electrons. The Hall–Kier alpha value is -1.52. The Kier molecular flexibility index (Phi) is 5.23. The minimum atomic E-state index is 0.489. The molecule has 0 atom stereocenters. The topological polar surface area (TPSA) is 9.23 Å². The molecule has 0 bridgehead atoms. The molecule has 1 heteroatoms. The van der Waals surface area contributed by atoms with E-state index < -0.39 is 0 Å². The predicted octanol–water partition coefficient (Wildman–Crippen LogP) is 2.78. The normalized spacial score (nSPS) is 8.86. The van der Waals surface area contributed by atoms with Gasteiger partial charge < -0.3 is 4.74 Å². The van der Waals surface area contributed by atoms with Crippen molar-refractivity contribution in [1.29, 1.82) is 0 Å². The maximum Gasteiger partial charge on any atom is 0.108 e. The van der Waals surface area contributed by atoms with Gasteiger partial charge in [0, 0.05) is 6.42 Å². The van der Waals surface area contributed by atoms with Crippen LogP contribution in [0.1, 0.15) is 12.0 Å². The maximum absolute atomic E-state index is 5.36. The molecule has 0 unspecified atom stereocenters. The van der Waals surface area contributed by atoms with Gasteiger partial charge in [0.15, 0.2) is 0 Å². The lowest BCUT2D eigenvalue weighted by Gasteiger charge is -1.98. The van der Waals surface area contributed by atoms with E-state index in [-0.39, 0.29) is 0 Å². The molecule has 1 nitrogen and oxygen atoms in total. The molecular formula is C13H14O. The first-order valence-corrected chi connectivity index (χ1v) is 4.62. The number of benzene rings is 1. The zero-order valence-electron chi connectivity index (χ0n) is 8.20. The van der Waals surface area contributed by atoms with Gasteiger partial charge in [-0.15, -0.1) is 6.58 Å². The van der Waals surface area contributed by atoms with Crippen molar-refractivity contribution in [1.82, 2.24) is 0 Å². The third kappa shape index (κ3) is 4.49. The average Bonchev–Trinajstić information content (AvgIpc) is 2.25. The summed E-state index contributed by atoms with van der Waals surface area (Å²) in [6, 6.07) is 10.1. The van der Waals surface area contributed by atoms with E-state index >= 15 is 0 Å². The highest BCUT2D eigenvalue weighted by atomic mass is 16.5. The van der Waals surface area contributed by atoms with E-state index in [0.29, 0.717) is 13.2 Å². The molecular weight excluding hydrogens is 172 g/mol. The average molecular weight is 186 g/mol. The molecule has 0 radical (unpaired) electrons. The van der Waals surface area contributed by atoms with Gasteiger partial charge in [-0.3, -0.25) is 0 Å². The summed E-state index contributed by atoms with van der Waals surface area (Å²) in [7, 11) is 0. The molecule has 0 aliphatic rings. The van der Waals surface area contributed by atoms with Gasteiger partial charge in [-0.1, -0.05) is 48.2 Å². The minimum Gasteiger partial charge on any atom is -0.364 e. The second-order valence-corrected chi connectivity index (χ2v) is 2.82. The summed E-state index contributed by atoms with van der Waals surface area (Å²) in [6.45, 7) is 4.70. The third-order valence-corrected chi connectivity index (χ3v) is 1.66. The van der Waals surface area contributed by atoms with E-state index in [4.69, 9.17) is 4.74 Å². The molecule has 0 aromatic heterocycles. The molecule has 0 saturated carbocycles. The van der Waals surface area contributed by atoms with Gasteiger partial charge in [0.05, 0.1) is 6.61 Å². The molecule has 14 heavy (non-hydrogen) atoms. The first-order valence-electron chi connectivity index (χ1n) is 4.62. The fourth-order valence-electron chi connectivity index (χ4n) is 0.990. The molecule has 0 saturated heterocycles. The van der Waals surface area contributed by atoms with Crippen LogP contribution in [0, 0.1) is 11.8 Å². The van der Waals surface area contributed by atoms with Crippen molar-refractivity contribution in [3.05, 3.63) is 48.6 Å². The van der Waals surface area contributed by atoms with Crippen LogP contribution in [0.25, 0.3) is 0 Å². The number of ether oxygens (including phenoxy) is 1. The van der Waals surface area contributed by atoms with Gasteiger partial charge in [0.1, 0.15) is 6.61 Å². The van der Waals surface area contributed by atoms with Crippen molar-refractivity contribution >= 4 is 0 Å². The second kappa shape index (κ2) is 6.94. The van der Waals surface area contributed by atoms with Gasteiger partial charge in [0.25, 0.3) is 0 Å². The number of rotatable bonds is 4. The zero-order chi connectivity index (χ0) is 10.1. The largest absolute Gasteiger partial charge is 0.364 e. The summed E-state index contributed by atoms with van der Waals surface area (Å²) < 4.78 is 5.36. The van der Waals surface area contributed by atoms with Crippen molar-refractivity contribution in [3.63, 3.8) is 0 Å². The fourth-order valence-corrected chi connectivity index (χ4v) is 0.990. The van der Waals surface area contributed by atoms with E-state index in [1.165, 1.54) is 5.56 Å². The SMILES string of the molecule is C=CCC#CCOCc1ccccc1. The maximum atomic E-state index is 5.36. The number of allylic oxidation sites excluding steroid dienone is 1. The van der Waals surface area contributed by atoms with Crippen molar-refractivity contribution < 1.29 is 4.74 Å². The molecule has 0 amide bonds. The lowest BCUT2D eigenvalue weighted by molar-refractivity contribution is 0.153. The van der Waals surface area contributed by atoms with Gasteiger partial charge in [-0.25, -0.2) is 0 Å². The van der Waals surface area contributed by atoms with Gasteiger partial charge in [-0.05, 0) is 5.56 Å². The Labute approximate surface area is 85.4 Å². The monoisotopic (exact) mass is 186 g/mol. The summed E-state index contributed by atoms with van der Waals surface area (Å²) in [4.78, 5) is 0. The van der Waals surface area contributed by atoms with Crippen LogP contribution < -0.4 is 0 Å². The molecule has 0 fully saturated rings. The molecule has 0 spiro atoms. The second-order valence-electron chi connectivity index (χ2n) is 2.82. The highest BCUT2D eigenvalue weighted by Crippen LogP contribution is 1.99. The van der Waals surface area contributed by atoms with Crippen LogP contribution in [0.4, 0.5) is 0 Å². The van der Waals surface area contributed by atoms with E-state index in [2.05, 4.69) is 18.4 Å². The Morgan fingerprint density at radius 1 is 1.21 bits per heavy atom. The molecule has 1 aromatic carbocycles. The van der Waals surface area contributed by atoms with Crippen LogP contribution in [0.3, 0.4) is 0 Å². The summed E-state index contributed by atoms with van der Waals surface area (Å²) >= 11 is 0. The number of hydrogen-bond acceptors (Lipinski definition) is 1. The van der Waals surface area contributed by atoms with Crippen LogP contribution in [0.15, 0.2) is 43.0 Å². The van der Waals surface area contributed by atoms with Crippen molar-refractivity contribution in [2.45, 2.75) is 13.0 Å². The van der Waals surface area contributed by atoms with E-state index in [1.807, 2.05) is 30.3 Å². The molecule has 0 N–H and O–H groups in total. The van der Waals surface area contributed by atoms with E-state index in [9.17, 15) is 0 Å². The summed E-state index contributed by atoms with van der Waals surface area (Å²) in [5.74, 6) is 5.84. The van der Waals surface area contributed by atoms with Crippen LogP contribution in [0.5, 0.6) is 0 Å². The lowest BCUT2D eigenvalue weighted by Crippen LogP contribution is -1.92. The first kappa shape index (κ1) is 10.6. The van der Waals surface area contributed by atoms with Crippen molar-refractivity contribution in [2.24, 2.45) is 0 Å². The van der Waals surface area contributed by atoms with E-state index in [1.54, 1.807) is 6.08 Å². The smallest absolute Gasteiger partial charge is 0.108 e. The molecule has 0 aliphatic heterocycles. The first-order chi connectivity index (χ1) is 6.93. The van der Waals surface area contributed by atoms with Gasteiger partial charge in [-0.2, -0.15) is 0 Å². The Morgan fingerprint density at radius 3 is 2.71 bits per heavy atom. The van der Waals surface area contributed by atoms with Gasteiger partial charge in [0.2, 0.25) is 0 Å². The van der Waals surface area contributed by atoms with Crippen molar-refractivity contribution in [2.75, 3.05) is 6.61 Å². The third-order valence-electron chi connectivity index (χ3n) is 1.66. The lowest BCUT2D eigenvalue weighted by atomic mass is 10.2. The highest BCUT2D eigenvalue weighted by molar-refractivity contribution is 5.13. The standard InChI is InChI=1S/C13H14O/c1-2-3-4-8-11-14-12-13-9-6-5-7-10-13/h2,5-7,9-10H,1,3,11-12H2. The Morgan fingerprint density at radius 2 is 2.00 bits per heavy atom. The summed E-state index contributed by atoms with van der Waals surface area (Å²) in [5.41, 5.74) is 1.18. The van der Waals surface area contributed by atoms with Crippen molar-refractivity contribution in [3.8, 4) is 11.8 Å². The molecule has 1 aromatic rings. The molecule has 0 aliphatic carbocycles. The van der Waals surface area contributed by atoms with Gasteiger partial charge >= 0.3 is 0 Å². The fraction of sp³-hybridized carbons (Fsp3) is 0.231. The minimum absolute atomic E-state index is 0.489. The van der Waals surface area contributed by atoms with E-state index in [0.717, 1.165) is 6.42 Å². The van der Waals surface area contributed by atoms with Crippen LogP contribution in [-0.4, -0.2) is 6.61 Å².